The van der Waals surface area contributed by atoms with E-state index in [0.717, 1.165) is 5.69 Å². The zero-order valence-electron chi connectivity index (χ0n) is 9.22. The number of hydrogen-bond acceptors (Lipinski definition) is 3. The Balaban J connectivity index is 2.00. The third-order valence-corrected chi connectivity index (χ3v) is 3.79. The van der Waals surface area contributed by atoms with E-state index in [1.54, 1.807) is 0 Å². The van der Waals surface area contributed by atoms with Crippen LogP contribution in [0.4, 0.5) is 0 Å². The van der Waals surface area contributed by atoms with Crippen LogP contribution in [0, 0.1) is 0 Å². The van der Waals surface area contributed by atoms with E-state index in [4.69, 9.17) is 18.0 Å². The molecule has 5 heteroatoms. The van der Waals surface area contributed by atoms with E-state index in [0.29, 0.717) is 16.9 Å². The van der Waals surface area contributed by atoms with E-state index in [9.17, 15) is 0 Å². The largest absolute Gasteiger partial charge is 0.388 e. The Morgan fingerprint density at radius 1 is 1.25 bits per heavy atom. The Labute approximate surface area is 100 Å². The van der Waals surface area contributed by atoms with Gasteiger partial charge in [0.1, 0.15) is 10.7 Å². The molecule has 0 atom stereocenters. The minimum Gasteiger partial charge on any atom is -0.388 e. The van der Waals surface area contributed by atoms with Crippen LogP contribution < -0.4 is 5.73 Å². The molecule has 2 aliphatic rings. The first-order valence-corrected chi connectivity index (χ1v) is 6.43. The van der Waals surface area contributed by atoms with E-state index in [-0.39, 0.29) is 0 Å². The molecule has 1 aromatic heterocycles. The minimum absolute atomic E-state index is 0.395. The normalized spacial score (nSPS) is 21.5. The number of hydrogen-bond donors (Lipinski definition) is 1. The monoisotopic (exact) mass is 236 g/mol. The molecule has 3 rings (SSSR count). The second kappa shape index (κ2) is 3.80. The molecule has 2 N–H and O–H groups in total. The van der Waals surface area contributed by atoms with Crippen LogP contribution in [0.25, 0.3) is 0 Å². The van der Waals surface area contributed by atoms with Crippen molar-refractivity contribution in [2.24, 2.45) is 5.73 Å². The lowest BCUT2D eigenvalue weighted by molar-refractivity contribution is 0.438. The Morgan fingerprint density at radius 2 is 1.94 bits per heavy atom. The van der Waals surface area contributed by atoms with Crippen LogP contribution in [0.3, 0.4) is 0 Å². The van der Waals surface area contributed by atoms with Crippen LogP contribution in [0.5, 0.6) is 0 Å². The summed E-state index contributed by atoms with van der Waals surface area (Å²) >= 11 is 5.05. The van der Waals surface area contributed by atoms with Gasteiger partial charge in [-0.15, -0.1) is 5.10 Å². The third kappa shape index (κ3) is 1.63. The van der Waals surface area contributed by atoms with Gasteiger partial charge in [0.15, 0.2) is 0 Å². The average Bonchev–Trinajstić information content (AvgIpc) is 2.82. The topological polar surface area (TPSA) is 56.7 Å². The van der Waals surface area contributed by atoms with E-state index >= 15 is 0 Å². The lowest BCUT2D eigenvalue weighted by atomic mass is 10.2. The van der Waals surface area contributed by atoms with Crippen LogP contribution in [0.1, 0.15) is 61.9 Å². The summed E-state index contributed by atoms with van der Waals surface area (Å²) in [6.07, 6.45) is 7.51. The molecule has 0 amide bonds. The van der Waals surface area contributed by atoms with Crippen LogP contribution >= 0.6 is 12.2 Å². The van der Waals surface area contributed by atoms with Crippen molar-refractivity contribution < 1.29 is 0 Å². The fourth-order valence-corrected chi connectivity index (χ4v) is 2.78. The van der Waals surface area contributed by atoms with Crippen LogP contribution in [0.15, 0.2) is 0 Å². The van der Waals surface area contributed by atoms with E-state index < -0.39 is 0 Å². The number of nitrogens with two attached hydrogens (primary N) is 1. The average molecular weight is 236 g/mol. The fraction of sp³-hybridized carbons (Fsp3) is 0.727. The molecule has 16 heavy (non-hydrogen) atoms. The highest BCUT2D eigenvalue weighted by Gasteiger charge is 2.34. The van der Waals surface area contributed by atoms with Gasteiger partial charge in [-0.3, -0.25) is 0 Å². The van der Waals surface area contributed by atoms with Gasteiger partial charge in [-0.05, 0) is 25.7 Å². The van der Waals surface area contributed by atoms with Crippen molar-refractivity contribution in [3.05, 3.63) is 11.4 Å². The maximum absolute atomic E-state index is 5.71. The van der Waals surface area contributed by atoms with Crippen molar-refractivity contribution >= 4 is 17.2 Å². The minimum atomic E-state index is 0.395. The van der Waals surface area contributed by atoms with E-state index in [1.165, 1.54) is 44.2 Å². The maximum Gasteiger partial charge on any atom is 0.143 e. The van der Waals surface area contributed by atoms with E-state index in [1.807, 2.05) is 0 Å². The van der Waals surface area contributed by atoms with Crippen molar-refractivity contribution in [3.63, 3.8) is 0 Å². The summed E-state index contributed by atoms with van der Waals surface area (Å²) in [7, 11) is 0. The molecule has 2 saturated carbocycles. The predicted octanol–water partition coefficient (Wildman–Crippen LogP) is 1.90. The van der Waals surface area contributed by atoms with Gasteiger partial charge in [0.25, 0.3) is 0 Å². The summed E-state index contributed by atoms with van der Waals surface area (Å²) in [5.41, 5.74) is 7.68. The van der Waals surface area contributed by atoms with Gasteiger partial charge < -0.3 is 5.73 Å². The molecular formula is C11H16N4S. The maximum atomic E-state index is 5.71. The molecule has 2 fully saturated rings. The molecular weight excluding hydrogens is 220 g/mol. The highest BCUT2D eigenvalue weighted by atomic mass is 32.1. The number of rotatable bonds is 3. The van der Waals surface area contributed by atoms with Gasteiger partial charge in [-0.1, -0.05) is 30.3 Å². The lowest BCUT2D eigenvalue weighted by Gasteiger charge is -2.13. The van der Waals surface area contributed by atoms with Crippen LogP contribution in [-0.2, 0) is 0 Å². The summed E-state index contributed by atoms with van der Waals surface area (Å²) in [5, 5.41) is 8.45. The molecule has 0 radical (unpaired) electrons. The summed E-state index contributed by atoms with van der Waals surface area (Å²) in [5.74, 6) is 0.604. The Hall–Kier alpha value is -0.970. The number of aromatic nitrogens is 3. The third-order valence-electron chi connectivity index (χ3n) is 3.60. The molecule has 0 bridgehead atoms. The zero-order chi connectivity index (χ0) is 11.1. The molecule has 86 valence electrons. The fourth-order valence-electron chi connectivity index (χ4n) is 2.63. The molecule has 0 saturated heterocycles. The molecule has 4 nitrogen and oxygen atoms in total. The first kappa shape index (κ1) is 10.2. The number of thiocarbonyl (C=S) groups is 1. The van der Waals surface area contributed by atoms with Gasteiger partial charge in [0.2, 0.25) is 0 Å². The smallest absolute Gasteiger partial charge is 0.143 e. The first-order valence-electron chi connectivity index (χ1n) is 6.02. The molecule has 1 aromatic rings. The summed E-state index contributed by atoms with van der Waals surface area (Å²) in [6.45, 7) is 0. The summed E-state index contributed by atoms with van der Waals surface area (Å²) < 4.78 is 2.11. The van der Waals surface area contributed by atoms with Gasteiger partial charge in [0.05, 0.1) is 11.7 Å². The second-order valence-electron chi connectivity index (χ2n) is 4.84. The highest BCUT2D eigenvalue weighted by molar-refractivity contribution is 7.80. The van der Waals surface area contributed by atoms with Gasteiger partial charge >= 0.3 is 0 Å². The quantitative estimate of drug-likeness (QED) is 0.814. The van der Waals surface area contributed by atoms with Crippen molar-refractivity contribution in [1.82, 2.24) is 15.0 Å². The molecule has 1 heterocycles. The molecule has 0 aromatic carbocycles. The van der Waals surface area contributed by atoms with Crippen molar-refractivity contribution in [1.29, 1.82) is 0 Å². The zero-order valence-corrected chi connectivity index (χ0v) is 10.0. The predicted molar refractivity (Wildman–Crippen MR) is 65.4 cm³/mol. The molecule has 2 aliphatic carbocycles. The molecule has 0 spiro atoms. The van der Waals surface area contributed by atoms with Crippen LogP contribution in [0.2, 0.25) is 0 Å². The van der Waals surface area contributed by atoms with Crippen molar-refractivity contribution in [2.45, 2.75) is 50.5 Å². The van der Waals surface area contributed by atoms with Crippen LogP contribution in [-0.4, -0.2) is 20.0 Å². The first-order chi connectivity index (χ1) is 7.77. The highest BCUT2D eigenvalue weighted by Crippen LogP contribution is 2.43. The SMILES string of the molecule is NC(=S)c1nnn(C2CCCC2)c1C1CC1. The second-order valence-corrected chi connectivity index (χ2v) is 5.28. The van der Waals surface area contributed by atoms with Gasteiger partial charge in [-0.25, -0.2) is 4.68 Å². The Kier molecular flexibility index (Phi) is 2.42. The van der Waals surface area contributed by atoms with E-state index in [2.05, 4.69) is 15.0 Å². The Bertz CT molecular complexity index is 416. The number of nitrogens with zero attached hydrogens (tertiary/aromatic N) is 3. The summed E-state index contributed by atoms with van der Waals surface area (Å²) in [4.78, 5) is 0.395. The lowest BCUT2D eigenvalue weighted by Crippen LogP contribution is -2.15. The standard InChI is InChI=1S/C11H16N4S/c12-11(16)9-10(7-5-6-7)15(14-13-9)8-3-1-2-4-8/h7-8H,1-6H2,(H2,12,16). The Morgan fingerprint density at radius 3 is 2.50 bits per heavy atom. The van der Waals surface area contributed by atoms with Gasteiger partial charge in [0, 0.05) is 5.92 Å². The molecule has 0 unspecified atom stereocenters. The van der Waals surface area contributed by atoms with Crippen molar-refractivity contribution in [3.8, 4) is 0 Å². The van der Waals surface area contributed by atoms with Gasteiger partial charge in [-0.2, -0.15) is 0 Å². The molecule has 0 aliphatic heterocycles. The van der Waals surface area contributed by atoms with Crippen molar-refractivity contribution in [2.75, 3.05) is 0 Å². The summed E-state index contributed by atoms with van der Waals surface area (Å²) in [6, 6.07) is 0.534.